The maximum Gasteiger partial charge on any atom is 0.209 e. The molecule has 0 amide bonds. The van der Waals surface area contributed by atoms with Gasteiger partial charge in [0.2, 0.25) is 4.73 Å². The summed E-state index contributed by atoms with van der Waals surface area (Å²) < 4.78 is 4.86. The summed E-state index contributed by atoms with van der Waals surface area (Å²) in [5, 5.41) is 4.50. The maximum atomic E-state index is 4.36. The molecule has 0 aromatic carbocycles. The molecule has 0 bridgehead atoms. The zero-order valence-corrected chi connectivity index (χ0v) is 9.94. The Bertz CT molecular complexity index is 387. The molecule has 1 aliphatic heterocycles. The predicted octanol–water partition coefficient (Wildman–Crippen LogP) is 1.92. The van der Waals surface area contributed by atoms with Gasteiger partial charge in [0.25, 0.3) is 0 Å². The van der Waals surface area contributed by atoms with Crippen LogP contribution in [0.25, 0.3) is 5.57 Å². The van der Waals surface area contributed by atoms with Gasteiger partial charge in [-0.05, 0) is 57.8 Å². The van der Waals surface area contributed by atoms with Gasteiger partial charge in [-0.25, -0.2) is 4.98 Å². The topological polar surface area (TPSA) is 37.8 Å². The van der Waals surface area contributed by atoms with Crippen LogP contribution in [-0.2, 0) is 0 Å². The number of hydrogen-bond donors (Lipinski definition) is 1. The van der Waals surface area contributed by atoms with E-state index >= 15 is 0 Å². The van der Waals surface area contributed by atoms with E-state index < -0.39 is 0 Å². The number of aromatic nitrogens is 2. The van der Waals surface area contributed by atoms with Gasteiger partial charge in [0, 0.05) is 6.54 Å². The largest absolute Gasteiger partial charge is 0.316 e. The van der Waals surface area contributed by atoms with Crippen molar-refractivity contribution in [2.75, 3.05) is 13.1 Å². The van der Waals surface area contributed by atoms with E-state index in [0.717, 1.165) is 29.9 Å². The summed E-state index contributed by atoms with van der Waals surface area (Å²) >= 11 is 4.78. The summed E-state index contributed by atoms with van der Waals surface area (Å²) in [5.41, 5.74) is 1.39. The highest BCUT2D eigenvalue weighted by atomic mass is 79.9. The third-order valence-corrected chi connectivity index (χ3v) is 4.35. The fraction of sp³-hybridized carbons (Fsp3) is 0.556. The van der Waals surface area contributed by atoms with E-state index in [4.69, 9.17) is 0 Å². The van der Waals surface area contributed by atoms with Gasteiger partial charge in [0.15, 0.2) is 0 Å². The van der Waals surface area contributed by atoms with Gasteiger partial charge < -0.3 is 5.32 Å². The second-order valence-electron chi connectivity index (χ2n) is 3.85. The Morgan fingerprint density at radius 1 is 1.50 bits per heavy atom. The summed E-state index contributed by atoms with van der Waals surface area (Å²) in [4.78, 5) is 4.36. The molecule has 74 valence electrons. The minimum absolute atomic E-state index is 0.716. The Kier molecular flexibility index (Phi) is 2.18. The lowest BCUT2D eigenvalue weighted by Gasteiger charge is -2.04. The average Bonchev–Trinajstić information content (AvgIpc) is 2.75. The van der Waals surface area contributed by atoms with Gasteiger partial charge in [-0.15, -0.1) is 0 Å². The molecule has 0 spiro atoms. The lowest BCUT2D eigenvalue weighted by molar-refractivity contribution is 0.536. The lowest BCUT2D eigenvalue weighted by Crippen LogP contribution is -2.09. The zero-order chi connectivity index (χ0) is 9.54. The number of nitrogens with zero attached hydrogens (tertiary/aromatic N) is 2. The van der Waals surface area contributed by atoms with Crippen LogP contribution < -0.4 is 5.32 Å². The molecule has 2 heterocycles. The van der Waals surface area contributed by atoms with Crippen molar-refractivity contribution in [2.24, 2.45) is 11.8 Å². The van der Waals surface area contributed by atoms with Gasteiger partial charge in [0.05, 0.1) is 0 Å². The smallest absolute Gasteiger partial charge is 0.209 e. The minimum Gasteiger partial charge on any atom is -0.316 e. The van der Waals surface area contributed by atoms with Crippen molar-refractivity contribution in [2.45, 2.75) is 6.42 Å². The van der Waals surface area contributed by atoms with Crippen molar-refractivity contribution in [3.63, 3.8) is 0 Å². The predicted molar refractivity (Wildman–Crippen MR) is 60.1 cm³/mol. The van der Waals surface area contributed by atoms with E-state index in [1.807, 2.05) is 0 Å². The van der Waals surface area contributed by atoms with Crippen molar-refractivity contribution < 1.29 is 0 Å². The van der Waals surface area contributed by atoms with Crippen LogP contribution in [0, 0.1) is 11.8 Å². The zero-order valence-electron chi connectivity index (χ0n) is 7.53. The molecule has 3 nitrogen and oxygen atoms in total. The van der Waals surface area contributed by atoms with E-state index in [9.17, 15) is 0 Å². The van der Waals surface area contributed by atoms with E-state index in [-0.39, 0.29) is 0 Å². The van der Waals surface area contributed by atoms with Crippen molar-refractivity contribution in [1.82, 2.24) is 14.7 Å². The van der Waals surface area contributed by atoms with Gasteiger partial charge in [-0.1, -0.05) is 6.08 Å². The first-order valence-electron chi connectivity index (χ1n) is 4.74. The molecule has 2 aliphatic rings. The SMILES string of the molecule is Brc1nsc(C2=CC3CNCC3C2)n1. The quantitative estimate of drug-likeness (QED) is 0.848. The van der Waals surface area contributed by atoms with Gasteiger partial charge in [-0.3, -0.25) is 0 Å². The van der Waals surface area contributed by atoms with E-state index in [1.165, 1.54) is 23.5 Å². The number of halogens is 1. The Labute approximate surface area is 94.9 Å². The molecule has 5 heteroatoms. The second-order valence-corrected chi connectivity index (χ2v) is 5.31. The highest BCUT2D eigenvalue weighted by Gasteiger charge is 2.32. The van der Waals surface area contributed by atoms with Gasteiger partial charge in [-0.2, -0.15) is 4.37 Å². The highest BCUT2D eigenvalue weighted by Crippen LogP contribution is 2.38. The maximum absolute atomic E-state index is 4.36. The van der Waals surface area contributed by atoms with E-state index in [1.54, 1.807) is 0 Å². The molecule has 2 unspecified atom stereocenters. The summed E-state index contributed by atoms with van der Waals surface area (Å²) in [6.45, 7) is 2.29. The van der Waals surface area contributed by atoms with Gasteiger partial charge >= 0.3 is 0 Å². The molecular weight excluding hydrogens is 262 g/mol. The van der Waals surface area contributed by atoms with Crippen LogP contribution in [0.1, 0.15) is 11.4 Å². The molecule has 14 heavy (non-hydrogen) atoms. The fourth-order valence-corrected chi connectivity index (χ4v) is 3.39. The third-order valence-electron chi connectivity index (χ3n) is 2.97. The van der Waals surface area contributed by atoms with Crippen molar-refractivity contribution in [1.29, 1.82) is 0 Å². The van der Waals surface area contributed by atoms with Crippen molar-refractivity contribution >= 4 is 33.0 Å². The van der Waals surface area contributed by atoms with Crippen LogP contribution in [0.3, 0.4) is 0 Å². The molecule has 1 N–H and O–H groups in total. The summed E-state index contributed by atoms with van der Waals surface area (Å²) in [6, 6.07) is 0. The van der Waals surface area contributed by atoms with Crippen LogP contribution in [0.4, 0.5) is 0 Å². The first-order chi connectivity index (χ1) is 6.83. The Morgan fingerprint density at radius 3 is 3.14 bits per heavy atom. The third kappa shape index (κ3) is 1.43. The Morgan fingerprint density at radius 2 is 2.43 bits per heavy atom. The first-order valence-corrected chi connectivity index (χ1v) is 6.30. The van der Waals surface area contributed by atoms with Crippen LogP contribution in [0.15, 0.2) is 10.8 Å². The summed E-state index contributed by atoms with van der Waals surface area (Å²) in [6.07, 6.45) is 3.54. The molecule has 1 aromatic heterocycles. The lowest BCUT2D eigenvalue weighted by atomic mass is 10.00. The van der Waals surface area contributed by atoms with E-state index in [0.29, 0.717) is 4.73 Å². The molecular formula is C9H10BrN3S. The van der Waals surface area contributed by atoms with Crippen LogP contribution >= 0.6 is 27.5 Å². The number of rotatable bonds is 1. The summed E-state index contributed by atoms with van der Waals surface area (Å²) in [5.74, 6) is 1.53. The monoisotopic (exact) mass is 271 g/mol. The Hall–Kier alpha value is -0.260. The van der Waals surface area contributed by atoms with Gasteiger partial charge in [0.1, 0.15) is 5.01 Å². The summed E-state index contributed by atoms with van der Waals surface area (Å²) in [7, 11) is 0. The first kappa shape index (κ1) is 9.00. The normalized spacial score (nSPS) is 30.5. The molecule has 1 aliphatic carbocycles. The number of hydrogen-bond acceptors (Lipinski definition) is 4. The molecule has 0 saturated carbocycles. The second kappa shape index (κ2) is 3.40. The molecule has 1 fully saturated rings. The number of fused-ring (bicyclic) bond motifs is 1. The standard InChI is InChI=1S/C9H10BrN3S/c10-9-12-8(14-13-9)5-1-6-3-11-4-7(6)2-5/h1,6-7,11H,2-4H2. The van der Waals surface area contributed by atoms with Crippen molar-refractivity contribution in [3.8, 4) is 0 Å². The Balaban J connectivity index is 1.87. The molecule has 3 rings (SSSR count). The molecule has 2 atom stereocenters. The average molecular weight is 272 g/mol. The molecule has 1 aromatic rings. The minimum atomic E-state index is 0.716. The molecule has 1 saturated heterocycles. The number of allylic oxidation sites excluding steroid dienone is 1. The highest BCUT2D eigenvalue weighted by molar-refractivity contribution is 9.10. The van der Waals surface area contributed by atoms with Crippen molar-refractivity contribution in [3.05, 3.63) is 15.8 Å². The van der Waals surface area contributed by atoms with E-state index in [2.05, 4.69) is 36.7 Å². The van der Waals surface area contributed by atoms with Crippen LogP contribution in [0.2, 0.25) is 0 Å². The number of nitrogens with one attached hydrogen (secondary N) is 1. The molecule has 0 radical (unpaired) electrons. The van der Waals surface area contributed by atoms with Crippen LogP contribution in [0.5, 0.6) is 0 Å². The fourth-order valence-electron chi connectivity index (χ4n) is 2.28. The van der Waals surface area contributed by atoms with Crippen LogP contribution in [-0.4, -0.2) is 22.4 Å².